The molecular formula is C27H27Cl2FN2O2. The van der Waals surface area contributed by atoms with Gasteiger partial charge in [0.1, 0.15) is 11.9 Å². The second-order valence-electron chi connectivity index (χ2n) is 8.06. The summed E-state index contributed by atoms with van der Waals surface area (Å²) < 4.78 is 13.4. The van der Waals surface area contributed by atoms with Crippen LogP contribution in [0.15, 0.2) is 72.8 Å². The lowest BCUT2D eigenvalue weighted by molar-refractivity contribution is -0.140. The molecule has 3 aromatic carbocycles. The van der Waals surface area contributed by atoms with Gasteiger partial charge in [0.15, 0.2) is 0 Å². The van der Waals surface area contributed by atoms with E-state index >= 15 is 0 Å². The first kappa shape index (κ1) is 25.7. The summed E-state index contributed by atoms with van der Waals surface area (Å²) >= 11 is 12.5. The minimum atomic E-state index is -0.756. The highest BCUT2D eigenvalue weighted by molar-refractivity contribution is 6.35. The minimum absolute atomic E-state index is 0.0256. The third kappa shape index (κ3) is 7.31. The number of benzene rings is 3. The van der Waals surface area contributed by atoms with Gasteiger partial charge >= 0.3 is 0 Å². The largest absolute Gasteiger partial charge is 0.354 e. The molecule has 0 fully saturated rings. The van der Waals surface area contributed by atoms with Crippen molar-refractivity contribution in [3.8, 4) is 0 Å². The Hall–Kier alpha value is -2.89. The summed E-state index contributed by atoms with van der Waals surface area (Å²) in [6, 6.07) is 19.7. The molecule has 0 radical (unpaired) electrons. The summed E-state index contributed by atoms with van der Waals surface area (Å²) in [4.78, 5) is 28.4. The summed E-state index contributed by atoms with van der Waals surface area (Å²) in [5.74, 6) is -0.865. The van der Waals surface area contributed by atoms with Crippen molar-refractivity contribution in [3.05, 3.63) is 105 Å². The third-order valence-electron chi connectivity index (χ3n) is 5.44. The molecule has 4 nitrogen and oxygen atoms in total. The van der Waals surface area contributed by atoms with Crippen molar-refractivity contribution >= 4 is 35.0 Å². The number of carbonyl (C=O) groups is 2. The first-order valence-electron chi connectivity index (χ1n) is 11.2. The van der Waals surface area contributed by atoms with Gasteiger partial charge < -0.3 is 10.2 Å². The van der Waals surface area contributed by atoms with Crippen LogP contribution in [-0.2, 0) is 29.0 Å². The molecule has 1 unspecified atom stereocenters. The molecule has 0 bridgehead atoms. The van der Waals surface area contributed by atoms with Crippen LogP contribution in [0.4, 0.5) is 4.39 Å². The molecule has 0 aliphatic rings. The summed E-state index contributed by atoms with van der Waals surface area (Å²) in [5, 5.41) is 3.83. The summed E-state index contributed by atoms with van der Waals surface area (Å²) in [5.41, 5.74) is 2.27. The Balaban J connectivity index is 1.97. The minimum Gasteiger partial charge on any atom is -0.354 e. The lowest BCUT2D eigenvalue weighted by Gasteiger charge is -2.32. The predicted molar refractivity (Wildman–Crippen MR) is 134 cm³/mol. The van der Waals surface area contributed by atoms with E-state index in [1.807, 2.05) is 37.3 Å². The van der Waals surface area contributed by atoms with Crippen LogP contribution in [0.2, 0.25) is 10.0 Å². The van der Waals surface area contributed by atoms with E-state index in [2.05, 4.69) is 5.32 Å². The number of hydrogen-bond acceptors (Lipinski definition) is 2. The van der Waals surface area contributed by atoms with Gasteiger partial charge in [-0.25, -0.2) is 4.39 Å². The molecular weight excluding hydrogens is 474 g/mol. The Morgan fingerprint density at radius 2 is 1.68 bits per heavy atom. The van der Waals surface area contributed by atoms with E-state index in [-0.39, 0.29) is 30.6 Å². The molecule has 1 atom stereocenters. The maximum absolute atomic E-state index is 13.6. The van der Waals surface area contributed by atoms with Crippen molar-refractivity contribution in [2.75, 3.05) is 6.54 Å². The van der Waals surface area contributed by atoms with Crippen LogP contribution in [0.1, 0.15) is 30.0 Å². The van der Waals surface area contributed by atoms with Crippen LogP contribution in [-0.4, -0.2) is 29.3 Å². The van der Waals surface area contributed by atoms with E-state index in [1.165, 1.54) is 12.1 Å². The highest BCUT2D eigenvalue weighted by Crippen LogP contribution is 2.24. The molecule has 2 amide bonds. The van der Waals surface area contributed by atoms with Gasteiger partial charge in [-0.15, -0.1) is 0 Å². The SMILES string of the molecule is CCCNC(=O)C(Cc1ccccc1)N(Cc1ccc(Cl)cc1Cl)C(=O)Cc1ccc(F)cc1. The predicted octanol–water partition coefficient (Wildman–Crippen LogP) is 5.84. The maximum atomic E-state index is 13.6. The smallest absolute Gasteiger partial charge is 0.243 e. The van der Waals surface area contributed by atoms with Gasteiger partial charge in [-0.1, -0.05) is 78.7 Å². The Morgan fingerprint density at radius 1 is 0.971 bits per heavy atom. The molecule has 0 saturated carbocycles. The van der Waals surface area contributed by atoms with Crippen LogP contribution in [0, 0.1) is 5.82 Å². The number of rotatable bonds is 10. The third-order valence-corrected chi connectivity index (χ3v) is 6.03. The van der Waals surface area contributed by atoms with Crippen molar-refractivity contribution in [1.29, 1.82) is 0 Å². The zero-order valence-electron chi connectivity index (χ0n) is 18.9. The van der Waals surface area contributed by atoms with Crippen molar-refractivity contribution in [3.63, 3.8) is 0 Å². The molecule has 0 aliphatic heterocycles. The Bertz CT molecular complexity index is 1110. The van der Waals surface area contributed by atoms with Crippen LogP contribution in [0.3, 0.4) is 0 Å². The van der Waals surface area contributed by atoms with E-state index in [9.17, 15) is 14.0 Å². The number of hydrogen-bond donors (Lipinski definition) is 1. The highest BCUT2D eigenvalue weighted by atomic mass is 35.5. The molecule has 3 aromatic rings. The Kier molecular flexibility index (Phi) is 9.49. The van der Waals surface area contributed by atoms with Crippen LogP contribution in [0.25, 0.3) is 0 Å². The van der Waals surface area contributed by atoms with E-state index in [0.29, 0.717) is 34.1 Å². The second kappa shape index (κ2) is 12.5. The fraction of sp³-hybridized carbons (Fsp3) is 0.259. The molecule has 3 rings (SSSR count). The van der Waals surface area contributed by atoms with Crippen LogP contribution in [0.5, 0.6) is 0 Å². The molecule has 7 heteroatoms. The highest BCUT2D eigenvalue weighted by Gasteiger charge is 2.30. The van der Waals surface area contributed by atoms with Crippen LogP contribution >= 0.6 is 23.2 Å². The molecule has 34 heavy (non-hydrogen) atoms. The molecule has 1 N–H and O–H groups in total. The normalized spacial score (nSPS) is 11.6. The monoisotopic (exact) mass is 500 g/mol. The molecule has 0 heterocycles. The van der Waals surface area contributed by atoms with Crippen molar-refractivity contribution in [1.82, 2.24) is 10.2 Å². The zero-order valence-corrected chi connectivity index (χ0v) is 20.5. The Labute approximate surface area is 209 Å². The second-order valence-corrected chi connectivity index (χ2v) is 8.90. The van der Waals surface area contributed by atoms with E-state index in [0.717, 1.165) is 12.0 Å². The first-order chi connectivity index (χ1) is 16.4. The molecule has 0 aromatic heterocycles. The number of amides is 2. The van der Waals surface area contributed by atoms with Gasteiger partial charge in [0, 0.05) is 29.6 Å². The first-order valence-corrected chi connectivity index (χ1v) is 11.9. The fourth-order valence-electron chi connectivity index (χ4n) is 3.63. The number of nitrogens with zero attached hydrogens (tertiary/aromatic N) is 1. The zero-order chi connectivity index (χ0) is 24.5. The maximum Gasteiger partial charge on any atom is 0.243 e. The topological polar surface area (TPSA) is 49.4 Å². The fourth-order valence-corrected chi connectivity index (χ4v) is 4.10. The van der Waals surface area contributed by atoms with E-state index < -0.39 is 6.04 Å². The average molecular weight is 501 g/mol. The lowest BCUT2D eigenvalue weighted by Crippen LogP contribution is -2.51. The van der Waals surface area contributed by atoms with E-state index in [1.54, 1.807) is 35.2 Å². The molecule has 0 spiro atoms. The van der Waals surface area contributed by atoms with Gasteiger partial charge in [-0.05, 0) is 47.4 Å². The molecule has 0 aliphatic carbocycles. The van der Waals surface area contributed by atoms with Gasteiger partial charge in [0.05, 0.1) is 6.42 Å². The summed E-state index contributed by atoms with van der Waals surface area (Å²) in [6.07, 6.45) is 1.14. The van der Waals surface area contributed by atoms with Crippen molar-refractivity contribution in [2.45, 2.75) is 38.8 Å². The quantitative estimate of drug-likeness (QED) is 0.380. The lowest BCUT2D eigenvalue weighted by atomic mass is 10.0. The molecule has 178 valence electrons. The van der Waals surface area contributed by atoms with E-state index in [4.69, 9.17) is 23.2 Å². The summed E-state index contributed by atoms with van der Waals surface area (Å²) in [6.45, 7) is 2.61. The standard InChI is InChI=1S/C27H27Cl2FN2O2/c1-2-14-31-27(34)25(15-19-6-4-3-5-7-19)32(18-21-10-11-22(28)17-24(21)29)26(33)16-20-8-12-23(30)13-9-20/h3-13,17,25H,2,14-16,18H2,1H3,(H,31,34). The summed E-state index contributed by atoms with van der Waals surface area (Å²) in [7, 11) is 0. The Morgan fingerprint density at radius 3 is 2.32 bits per heavy atom. The number of nitrogens with one attached hydrogen (secondary N) is 1. The molecule has 0 saturated heterocycles. The van der Waals surface area contributed by atoms with Crippen LogP contribution < -0.4 is 5.32 Å². The van der Waals surface area contributed by atoms with Crippen molar-refractivity contribution < 1.29 is 14.0 Å². The van der Waals surface area contributed by atoms with Crippen molar-refractivity contribution in [2.24, 2.45) is 0 Å². The average Bonchev–Trinajstić information content (AvgIpc) is 2.83. The van der Waals surface area contributed by atoms with Gasteiger partial charge in [-0.2, -0.15) is 0 Å². The van der Waals surface area contributed by atoms with Gasteiger partial charge in [-0.3, -0.25) is 9.59 Å². The number of halogens is 3. The van der Waals surface area contributed by atoms with Gasteiger partial charge in [0.2, 0.25) is 11.8 Å². The van der Waals surface area contributed by atoms with Gasteiger partial charge in [0.25, 0.3) is 0 Å². The number of carbonyl (C=O) groups excluding carboxylic acids is 2.